The fourth-order valence-corrected chi connectivity index (χ4v) is 1.90. The lowest BCUT2D eigenvalue weighted by Crippen LogP contribution is -1.94. The maximum Gasteiger partial charge on any atom is 0.0372 e. The predicted octanol–water partition coefficient (Wildman–Crippen LogP) is 5.72. The Morgan fingerprint density at radius 1 is 0.667 bits per heavy atom. The van der Waals surface area contributed by atoms with E-state index in [4.69, 9.17) is 11.1 Å². The zero-order valence-corrected chi connectivity index (χ0v) is 17.3. The normalized spacial score (nSPS) is 8.81. The SMILES string of the molecule is C=N.Cc1ccc(C)cc1.Cc1ccc(C)nc1.Cc1ccc(CN)cc1. The quantitative estimate of drug-likeness (QED) is 0.543. The number of benzene rings is 2. The van der Waals surface area contributed by atoms with E-state index in [1.807, 2.05) is 26.1 Å². The Morgan fingerprint density at radius 3 is 1.33 bits per heavy atom. The van der Waals surface area contributed by atoms with Gasteiger partial charge in [0, 0.05) is 18.4 Å². The van der Waals surface area contributed by atoms with Gasteiger partial charge in [-0.2, -0.15) is 0 Å². The third-order valence-corrected chi connectivity index (χ3v) is 3.63. The second kappa shape index (κ2) is 14.4. The molecule has 0 spiro atoms. The maximum atomic E-state index is 5.50. The van der Waals surface area contributed by atoms with Crippen LogP contribution in [-0.4, -0.2) is 11.7 Å². The van der Waals surface area contributed by atoms with E-state index in [0.29, 0.717) is 6.54 Å². The molecule has 144 valence electrons. The van der Waals surface area contributed by atoms with E-state index in [1.165, 1.54) is 27.8 Å². The summed E-state index contributed by atoms with van der Waals surface area (Å²) in [4.78, 5) is 4.08. The number of nitrogens with zero attached hydrogens (tertiary/aromatic N) is 1. The highest BCUT2D eigenvalue weighted by Gasteiger charge is 1.85. The first-order valence-corrected chi connectivity index (χ1v) is 8.94. The lowest BCUT2D eigenvalue weighted by Gasteiger charge is -1.94. The van der Waals surface area contributed by atoms with Gasteiger partial charge in [0.1, 0.15) is 0 Å². The van der Waals surface area contributed by atoms with Gasteiger partial charge >= 0.3 is 0 Å². The molecule has 0 unspecified atom stereocenters. The fraction of sp³-hybridized carbons (Fsp3) is 0.250. The van der Waals surface area contributed by atoms with E-state index in [-0.39, 0.29) is 0 Å². The third kappa shape index (κ3) is 12.2. The van der Waals surface area contributed by atoms with E-state index in [9.17, 15) is 0 Å². The number of hydrogen-bond acceptors (Lipinski definition) is 3. The van der Waals surface area contributed by atoms with Crippen molar-refractivity contribution < 1.29 is 0 Å². The molecule has 0 bridgehead atoms. The molecule has 0 amide bonds. The van der Waals surface area contributed by atoms with Crippen LogP contribution in [-0.2, 0) is 6.54 Å². The van der Waals surface area contributed by atoms with E-state index >= 15 is 0 Å². The first-order chi connectivity index (χ1) is 12.9. The Balaban J connectivity index is 0.000000359. The molecule has 0 aliphatic rings. The number of nitrogens with one attached hydrogen (secondary N) is 1. The summed E-state index contributed by atoms with van der Waals surface area (Å²) in [6.45, 7) is 13.4. The Bertz CT molecular complexity index is 645. The fourth-order valence-electron chi connectivity index (χ4n) is 1.90. The summed E-state index contributed by atoms with van der Waals surface area (Å²) in [5, 5.41) is 5.50. The molecule has 1 aromatic heterocycles. The highest BCUT2D eigenvalue weighted by Crippen LogP contribution is 2.01. The van der Waals surface area contributed by atoms with Gasteiger partial charge in [-0.3, -0.25) is 4.98 Å². The zero-order chi connectivity index (χ0) is 20.7. The molecule has 3 aromatic rings. The van der Waals surface area contributed by atoms with Crippen molar-refractivity contribution in [2.24, 2.45) is 5.73 Å². The minimum atomic E-state index is 0.639. The van der Waals surface area contributed by atoms with Gasteiger partial charge in [-0.25, -0.2) is 0 Å². The van der Waals surface area contributed by atoms with Crippen molar-refractivity contribution in [2.75, 3.05) is 0 Å². The topological polar surface area (TPSA) is 62.8 Å². The molecule has 1 heterocycles. The van der Waals surface area contributed by atoms with Gasteiger partial charge in [-0.15, -0.1) is 0 Å². The van der Waals surface area contributed by atoms with E-state index < -0.39 is 0 Å². The molecule has 0 saturated heterocycles. The minimum Gasteiger partial charge on any atom is -0.326 e. The summed E-state index contributed by atoms with van der Waals surface area (Å²) < 4.78 is 0. The van der Waals surface area contributed by atoms with Crippen LogP contribution in [0.3, 0.4) is 0 Å². The standard InChI is InChI=1S/C8H11N.C8H10.C7H9N.CH3N/c1-7-2-4-8(6-9)5-3-7;1-7-3-5-8(2)6-4-7;1-6-3-4-7(2)8-5-6;1-2/h2-5H,6,9H2,1H3;3-6H,1-2H3;3-5H,1-2H3;2H,1H2. The molecular formula is C24H33N3. The highest BCUT2D eigenvalue weighted by molar-refractivity contribution is 5.21. The smallest absolute Gasteiger partial charge is 0.0372 e. The first kappa shape index (κ1) is 24.2. The number of rotatable bonds is 1. The first-order valence-electron chi connectivity index (χ1n) is 8.94. The van der Waals surface area contributed by atoms with E-state index in [0.717, 1.165) is 5.69 Å². The second-order valence-electron chi connectivity index (χ2n) is 6.32. The Kier molecular flexibility index (Phi) is 12.9. The van der Waals surface area contributed by atoms with Crippen LogP contribution in [0.15, 0.2) is 66.9 Å². The molecular weight excluding hydrogens is 330 g/mol. The van der Waals surface area contributed by atoms with Crippen molar-refractivity contribution in [3.8, 4) is 0 Å². The van der Waals surface area contributed by atoms with Gasteiger partial charge in [-0.1, -0.05) is 71.3 Å². The van der Waals surface area contributed by atoms with Crippen molar-refractivity contribution in [2.45, 2.75) is 41.2 Å². The number of aryl methyl sites for hydroxylation is 5. The van der Waals surface area contributed by atoms with E-state index in [1.54, 1.807) is 0 Å². The van der Waals surface area contributed by atoms with Crippen molar-refractivity contribution in [3.63, 3.8) is 0 Å². The van der Waals surface area contributed by atoms with Gasteiger partial charge in [-0.05, 0) is 58.5 Å². The summed E-state index contributed by atoms with van der Waals surface area (Å²) in [5.41, 5.74) is 12.8. The van der Waals surface area contributed by atoms with Crippen LogP contribution in [0.2, 0.25) is 0 Å². The van der Waals surface area contributed by atoms with Crippen LogP contribution in [0.1, 0.15) is 33.5 Å². The summed E-state index contributed by atoms with van der Waals surface area (Å²) in [6.07, 6.45) is 1.87. The number of hydrogen-bond donors (Lipinski definition) is 2. The maximum absolute atomic E-state index is 5.50. The molecule has 2 aromatic carbocycles. The molecule has 0 atom stereocenters. The Morgan fingerprint density at radius 2 is 1.04 bits per heavy atom. The van der Waals surface area contributed by atoms with Crippen LogP contribution < -0.4 is 5.73 Å². The number of nitrogens with two attached hydrogens (primary N) is 1. The van der Waals surface area contributed by atoms with Crippen LogP contribution in [0.5, 0.6) is 0 Å². The molecule has 3 N–H and O–H groups in total. The van der Waals surface area contributed by atoms with Crippen molar-refractivity contribution in [3.05, 3.63) is 100 Å². The zero-order valence-electron chi connectivity index (χ0n) is 17.3. The van der Waals surface area contributed by atoms with Gasteiger partial charge in [0.25, 0.3) is 0 Å². The monoisotopic (exact) mass is 363 g/mol. The molecule has 3 rings (SSSR count). The van der Waals surface area contributed by atoms with Crippen molar-refractivity contribution in [1.82, 2.24) is 4.98 Å². The Hall–Kier alpha value is -2.78. The van der Waals surface area contributed by atoms with Gasteiger partial charge in [0.2, 0.25) is 0 Å². The summed E-state index contributed by atoms with van der Waals surface area (Å²) >= 11 is 0. The van der Waals surface area contributed by atoms with Gasteiger partial charge < -0.3 is 11.1 Å². The average molecular weight is 364 g/mol. The van der Waals surface area contributed by atoms with Crippen LogP contribution >= 0.6 is 0 Å². The van der Waals surface area contributed by atoms with Gasteiger partial charge in [0.15, 0.2) is 0 Å². The van der Waals surface area contributed by atoms with Crippen LogP contribution in [0, 0.1) is 40.0 Å². The van der Waals surface area contributed by atoms with Crippen LogP contribution in [0.4, 0.5) is 0 Å². The molecule has 0 fully saturated rings. The number of pyridine rings is 1. The predicted molar refractivity (Wildman–Crippen MR) is 119 cm³/mol. The summed E-state index contributed by atoms with van der Waals surface area (Å²) in [6, 6.07) is 20.8. The molecule has 0 radical (unpaired) electrons. The lowest BCUT2D eigenvalue weighted by atomic mass is 10.2. The lowest BCUT2D eigenvalue weighted by molar-refractivity contribution is 1.07. The molecule has 0 aliphatic carbocycles. The minimum absolute atomic E-state index is 0.639. The third-order valence-electron chi connectivity index (χ3n) is 3.63. The summed E-state index contributed by atoms with van der Waals surface area (Å²) in [7, 11) is 0. The molecule has 0 saturated carbocycles. The van der Waals surface area contributed by atoms with Crippen LogP contribution in [0.25, 0.3) is 0 Å². The largest absolute Gasteiger partial charge is 0.326 e. The van der Waals surface area contributed by atoms with Crippen molar-refractivity contribution >= 4 is 6.72 Å². The number of aromatic nitrogens is 1. The second-order valence-corrected chi connectivity index (χ2v) is 6.32. The molecule has 27 heavy (non-hydrogen) atoms. The van der Waals surface area contributed by atoms with Crippen molar-refractivity contribution in [1.29, 1.82) is 5.41 Å². The van der Waals surface area contributed by atoms with Gasteiger partial charge in [0.05, 0.1) is 0 Å². The molecule has 3 heteroatoms. The van der Waals surface area contributed by atoms with E-state index in [2.05, 4.69) is 87.1 Å². The summed E-state index contributed by atoms with van der Waals surface area (Å²) in [5.74, 6) is 0. The average Bonchev–Trinajstić information content (AvgIpc) is 2.70. The highest BCUT2D eigenvalue weighted by atomic mass is 14.6. The molecule has 3 nitrogen and oxygen atoms in total. The Labute approximate surface area is 164 Å². The molecule has 0 aliphatic heterocycles.